The minimum Gasteiger partial charge on any atom is -0.496 e. The van der Waals surface area contributed by atoms with E-state index in [1.165, 1.54) is 0 Å². The Bertz CT molecular complexity index is 882. The predicted octanol–water partition coefficient (Wildman–Crippen LogP) is 4.52. The van der Waals surface area contributed by atoms with Crippen molar-refractivity contribution in [3.8, 4) is 17.1 Å². The fraction of sp³-hybridized carbons (Fsp3) is 0.167. The molecule has 1 heterocycles. The summed E-state index contributed by atoms with van der Waals surface area (Å²) in [5.74, 6) is 1.48. The van der Waals surface area contributed by atoms with Gasteiger partial charge in [-0.3, -0.25) is 4.79 Å². The molecule has 2 aromatic carbocycles. The molecule has 0 spiro atoms. The van der Waals surface area contributed by atoms with Crippen molar-refractivity contribution in [1.82, 2.24) is 0 Å². The summed E-state index contributed by atoms with van der Waals surface area (Å²) in [6, 6.07) is 13.1. The standard InChI is InChI=1S/C18H15ClO3/c1-11-17(20)14-8-13(10-19)15(21-2)9-16(14)22-18(11)12-6-4-3-5-7-12/h3-9H,10H2,1-2H3. The highest BCUT2D eigenvalue weighted by molar-refractivity contribution is 6.17. The number of hydrogen-bond acceptors (Lipinski definition) is 3. The van der Waals surface area contributed by atoms with Gasteiger partial charge in [0, 0.05) is 22.8 Å². The number of ether oxygens (including phenoxy) is 1. The molecule has 0 saturated carbocycles. The molecule has 0 amide bonds. The first-order valence-electron chi connectivity index (χ1n) is 6.91. The Hall–Kier alpha value is -2.26. The van der Waals surface area contributed by atoms with Crippen molar-refractivity contribution in [1.29, 1.82) is 0 Å². The van der Waals surface area contributed by atoms with Crippen LogP contribution in [0.4, 0.5) is 0 Å². The van der Waals surface area contributed by atoms with Gasteiger partial charge in [-0.25, -0.2) is 0 Å². The molecular formula is C18H15ClO3. The minimum absolute atomic E-state index is 0.0471. The van der Waals surface area contributed by atoms with Crippen LogP contribution in [0.1, 0.15) is 11.1 Å². The van der Waals surface area contributed by atoms with Crippen LogP contribution < -0.4 is 10.2 Å². The Morgan fingerprint density at radius 1 is 1.18 bits per heavy atom. The lowest BCUT2D eigenvalue weighted by Gasteiger charge is -2.10. The van der Waals surface area contributed by atoms with Gasteiger partial charge in [-0.2, -0.15) is 0 Å². The van der Waals surface area contributed by atoms with Crippen LogP contribution in [0.25, 0.3) is 22.3 Å². The number of benzene rings is 2. The van der Waals surface area contributed by atoms with Crippen molar-refractivity contribution in [2.75, 3.05) is 7.11 Å². The largest absolute Gasteiger partial charge is 0.496 e. The number of methoxy groups -OCH3 is 1. The van der Waals surface area contributed by atoms with E-state index in [2.05, 4.69) is 0 Å². The molecule has 0 saturated heterocycles. The Kier molecular flexibility index (Phi) is 3.90. The Morgan fingerprint density at radius 2 is 1.91 bits per heavy atom. The predicted molar refractivity (Wildman–Crippen MR) is 88.8 cm³/mol. The van der Waals surface area contributed by atoms with Crippen molar-refractivity contribution in [3.05, 3.63) is 63.8 Å². The second kappa shape index (κ2) is 5.85. The summed E-state index contributed by atoms with van der Waals surface area (Å²) in [6.45, 7) is 1.78. The highest BCUT2D eigenvalue weighted by Gasteiger charge is 2.15. The van der Waals surface area contributed by atoms with Crippen molar-refractivity contribution in [2.24, 2.45) is 0 Å². The van der Waals surface area contributed by atoms with Gasteiger partial charge in [0.25, 0.3) is 0 Å². The number of hydrogen-bond donors (Lipinski definition) is 0. The van der Waals surface area contributed by atoms with Gasteiger partial charge in [0.15, 0.2) is 5.43 Å². The summed E-state index contributed by atoms with van der Waals surface area (Å²) in [5, 5.41) is 0.522. The maximum atomic E-state index is 12.6. The lowest BCUT2D eigenvalue weighted by molar-refractivity contribution is 0.411. The van der Waals surface area contributed by atoms with E-state index in [1.54, 1.807) is 26.2 Å². The summed E-state index contributed by atoms with van der Waals surface area (Å²) in [7, 11) is 1.57. The van der Waals surface area contributed by atoms with E-state index in [0.29, 0.717) is 28.0 Å². The topological polar surface area (TPSA) is 39.4 Å². The summed E-state index contributed by atoms with van der Waals surface area (Å²) in [6.07, 6.45) is 0. The average molecular weight is 315 g/mol. The number of rotatable bonds is 3. The number of fused-ring (bicyclic) bond motifs is 1. The fourth-order valence-corrected chi connectivity index (χ4v) is 2.73. The summed E-state index contributed by atoms with van der Waals surface area (Å²) >= 11 is 5.92. The molecule has 112 valence electrons. The number of halogens is 1. The van der Waals surface area contributed by atoms with Crippen molar-refractivity contribution in [3.63, 3.8) is 0 Å². The van der Waals surface area contributed by atoms with Crippen LogP contribution in [0, 0.1) is 6.92 Å². The van der Waals surface area contributed by atoms with Crippen LogP contribution >= 0.6 is 11.6 Å². The van der Waals surface area contributed by atoms with Crippen LogP contribution in [0.2, 0.25) is 0 Å². The fourth-order valence-electron chi connectivity index (χ4n) is 2.52. The number of alkyl halides is 1. The van der Waals surface area contributed by atoms with Crippen LogP contribution in [-0.4, -0.2) is 7.11 Å². The molecule has 1 aromatic heterocycles. The minimum atomic E-state index is -0.0471. The lowest BCUT2D eigenvalue weighted by atomic mass is 10.0. The van der Waals surface area contributed by atoms with E-state index in [-0.39, 0.29) is 11.3 Å². The van der Waals surface area contributed by atoms with E-state index in [4.69, 9.17) is 20.8 Å². The second-order valence-corrected chi connectivity index (χ2v) is 5.31. The molecule has 0 bridgehead atoms. The molecule has 3 aromatic rings. The first-order valence-corrected chi connectivity index (χ1v) is 7.45. The highest BCUT2D eigenvalue weighted by atomic mass is 35.5. The molecule has 3 rings (SSSR count). The molecule has 3 nitrogen and oxygen atoms in total. The van der Waals surface area contributed by atoms with Gasteiger partial charge < -0.3 is 9.15 Å². The normalized spacial score (nSPS) is 10.9. The molecule has 0 radical (unpaired) electrons. The van der Waals surface area contributed by atoms with E-state index < -0.39 is 0 Å². The molecule has 22 heavy (non-hydrogen) atoms. The molecule has 0 atom stereocenters. The maximum absolute atomic E-state index is 12.6. The third-order valence-electron chi connectivity index (χ3n) is 3.70. The second-order valence-electron chi connectivity index (χ2n) is 5.05. The smallest absolute Gasteiger partial charge is 0.196 e. The van der Waals surface area contributed by atoms with E-state index in [9.17, 15) is 4.79 Å². The van der Waals surface area contributed by atoms with Crippen LogP contribution in [0.3, 0.4) is 0 Å². The van der Waals surface area contributed by atoms with Gasteiger partial charge in [0.2, 0.25) is 0 Å². The van der Waals surface area contributed by atoms with Gasteiger partial charge in [-0.15, -0.1) is 11.6 Å². The van der Waals surface area contributed by atoms with Gasteiger partial charge >= 0.3 is 0 Å². The maximum Gasteiger partial charge on any atom is 0.196 e. The van der Waals surface area contributed by atoms with Gasteiger partial charge in [-0.1, -0.05) is 30.3 Å². The highest BCUT2D eigenvalue weighted by Crippen LogP contribution is 2.30. The van der Waals surface area contributed by atoms with Crippen molar-refractivity contribution in [2.45, 2.75) is 12.8 Å². The third-order valence-corrected chi connectivity index (χ3v) is 3.99. The third kappa shape index (κ3) is 2.38. The van der Waals surface area contributed by atoms with E-state index in [1.807, 2.05) is 30.3 Å². The molecule has 0 N–H and O–H groups in total. The first kappa shape index (κ1) is 14.7. The monoisotopic (exact) mass is 314 g/mol. The SMILES string of the molecule is COc1cc2oc(-c3ccccc3)c(C)c(=O)c2cc1CCl. The van der Waals surface area contributed by atoms with Gasteiger partial charge in [0.05, 0.1) is 18.4 Å². The summed E-state index contributed by atoms with van der Waals surface area (Å²) in [5.41, 5.74) is 2.69. The Balaban J connectivity index is 2.34. The lowest BCUT2D eigenvalue weighted by Crippen LogP contribution is -2.08. The molecule has 0 fully saturated rings. The van der Waals surface area contributed by atoms with E-state index in [0.717, 1.165) is 11.1 Å². The molecule has 4 heteroatoms. The molecule has 0 aliphatic rings. The van der Waals surface area contributed by atoms with Crippen molar-refractivity contribution < 1.29 is 9.15 Å². The zero-order valence-electron chi connectivity index (χ0n) is 12.4. The Labute approximate surface area is 133 Å². The van der Waals surface area contributed by atoms with Gasteiger partial charge in [-0.05, 0) is 13.0 Å². The van der Waals surface area contributed by atoms with Gasteiger partial charge in [0.1, 0.15) is 17.1 Å². The summed E-state index contributed by atoms with van der Waals surface area (Å²) in [4.78, 5) is 12.6. The average Bonchev–Trinajstić information content (AvgIpc) is 2.57. The van der Waals surface area contributed by atoms with Crippen LogP contribution in [0.5, 0.6) is 5.75 Å². The first-order chi connectivity index (χ1) is 10.7. The zero-order chi connectivity index (χ0) is 15.7. The molecule has 0 aliphatic heterocycles. The Morgan fingerprint density at radius 3 is 2.55 bits per heavy atom. The van der Waals surface area contributed by atoms with Crippen LogP contribution in [-0.2, 0) is 5.88 Å². The molecular weight excluding hydrogens is 300 g/mol. The molecule has 0 unspecified atom stereocenters. The zero-order valence-corrected chi connectivity index (χ0v) is 13.1. The quantitative estimate of drug-likeness (QED) is 0.667. The van der Waals surface area contributed by atoms with Crippen molar-refractivity contribution >= 4 is 22.6 Å². The van der Waals surface area contributed by atoms with E-state index >= 15 is 0 Å². The molecule has 0 aliphatic carbocycles. The van der Waals surface area contributed by atoms with Crippen LogP contribution in [0.15, 0.2) is 51.7 Å². The summed E-state index contributed by atoms with van der Waals surface area (Å²) < 4.78 is 11.3.